The Balaban J connectivity index is 1.23. The fourth-order valence-electron chi connectivity index (χ4n) is 5.29. The van der Waals surface area contributed by atoms with Crippen LogP contribution in [0.2, 0.25) is 0 Å². The van der Waals surface area contributed by atoms with Crippen LogP contribution in [0.25, 0.3) is 0 Å². The van der Waals surface area contributed by atoms with Crippen LogP contribution in [0.5, 0.6) is 0 Å². The first-order valence-corrected chi connectivity index (χ1v) is 14.4. The van der Waals surface area contributed by atoms with Crippen LogP contribution in [0.3, 0.4) is 0 Å². The van der Waals surface area contributed by atoms with E-state index in [1.54, 1.807) is 0 Å². The summed E-state index contributed by atoms with van der Waals surface area (Å²) < 4.78 is 41.2. The fourth-order valence-corrected chi connectivity index (χ4v) is 6.83. The van der Waals surface area contributed by atoms with Crippen molar-refractivity contribution in [3.8, 4) is 0 Å². The second-order valence-electron chi connectivity index (χ2n) is 9.86. The molecule has 1 fully saturated rings. The highest BCUT2D eigenvalue weighted by atomic mass is 32.2. The lowest BCUT2D eigenvalue weighted by Crippen LogP contribution is -2.35. The molecular formula is C29H32N2O6S. The Labute approximate surface area is 223 Å². The molecule has 38 heavy (non-hydrogen) atoms. The van der Waals surface area contributed by atoms with Crippen LogP contribution in [0.15, 0.2) is 59.5 Å². The van der Waals surface area contributed by atoms with Crippen LogP contribution in [0.1, 0.15) is 56.9 Å². The molecule has 1 aromatic heterocycles. The van der Waals surface area contributed by atoms with Gasteiger partial charge in [-0.25, -0.2) is 13.2 Å². The number of fused-ring (bicyclic) bond motifs is 1. The summed E-state index contributed by atoms with van der Waals surface area (Å²) in [5.74, 6) is -0.966. The molecule has 200 valence electrons. The summed E-state index contributed by atoms with van der Waals surface area (Å²) in [5, 5.41) is 0. The van der Waals surface area contributed by atoms with Crippen LogP contribution in [0, 0.1) is 13.8 Å². The van der Waals surface area contributed by atoms with Gasteiger partial charge in [0.15, 0.2) is 6.61 Å². The maximum Gasteiger partial charge on any atom is 0.338 e. The largest absolute Gasteiger partial charge is 0.454 e. The quantitative estimate of drug-likeness (QED) is 0.312. The maximum atomic E-state index is 13.3. The van der Waals surface area contributed by atoms with Gasteiger partial charge in [-0.15, -0.1) is 0 Å². The summed E-state index contributed by atoms with van der Waals surface area (Å²) in [6.07, 6.45) is 3.78. The highest BCUT2D eigenvalue weighted by molar-refractivity contribution is 7.92. The molecule has 0 amide bonds. The number of carbonyl (C=O) groups is 2. The van der Waals surface area contributed by atoms with Crippen molar-refractivity contribution >= 4 is 27.5 Å². The number of ether oxygens (including phenoxy) is 2. The minimum absolute atomic E-state index is 0.0977. The van der Waals surface area contributed by atoms with Gasteiger partial charge in [0.05, 0.1) is 22.3 Å². The zero-order valence-electron chi connectivity index (χ0n) is 21.7. The third-order valence-corrected chi connectivity index (χ3v) is 9.19. The van der Waals surface area contributed by atoms with Gasteiger partial charge in [0, 0.05) is 36.6 Å². The van der Waals surface area contributed by atoms with Crippen molar-refractivity contribution in [2.24, 2.45) is 0 Å². The van der Waals surface area contributed by atoms with Gasteiger partial charge in [-0.1, -0.05) is 18.2 Å². The summed E-state index contributed by atoms with van der Waals surface area (Å²) >= 11 is 0. The Hall–Kier alpha value is -3.43. The van der Waals surface area contributed by atoms with Gasteiger partial charge in [-0.05, 0) is 81.5 Å². The van der Waals surface area contributed by atoms with E-state index < -0.39 is 22.6 Å². The number of aromatic nitrogens is 1. The summed E-state index contributed by atoms with van der Waals surface area (Å²) in [7, 11) is -3.78. The van der Waals surface area contributed by atoms with E-state index >= 15 is 0 Å². The number of ketones is 1. The molecule has 0 bridgehead atoms. The van der Waals surface area contributed by atoms with Crippen LogP contribution in [0.4, 0.5) is 5.69 Å². The lowest BCUT2D eigenvalue weighted by Gasteiger charge is -2.30. The normalized spacial score (nSPS) is 17.3. The summed E-state index contributed by atoms with van der Waals surface area (Å²) in [4.78, 5) is 25.6. The molecule has 1 atom stereocenters. The molecule has 0 saturated carbocycles. The van der Waals surface area contributed by atoms with Crippen LogP contribution < -0.4 is 4.31 Å². The zero-order chi connectivity index (χ0) is 26.9. The van der Waals surface area contributed by atoms with Gasteiger partial charge in [0.2, 0.25) is 5.78 Å². The van der Waals surface area contributed by atoms with E-state index in [0.29, 0.717) is 24.3 Å². The molecule has 3 aromatic rings. The Morgan fingerprint density at radius 2 is 1.82 bits per heavy atom. The van der Waals surface area contributed by atoms with E-state index in [1.165, 1.54) is 28.6 Å². The number of Topliss-reactive ketones (excluding diaryl/α,β-unsaturated/α-hetero) is 1. The SMILES string of the molecule is Cc1cc(C(=O)COC(=O)c2ccc(S(=O)(=O)N3CCCc4ccccc43)cc2)c(C)n1C[C@H]1CCCO1. The molecular weight excluding hydrogens is 504 g/mol. The predicted octanol–water partition coefficient (Wildman–Crippen LogP) is 4.47. The molecule has 0 spiro atoms. The minimum atomic E-state index is -3.78. The first-order valence-electron chi connectivity index (χ1n) is 12.9. The number of anilines is 1. The molecule has 0 aliphatic carbocycles. The van der Waals surface area contributed by atoms with Gasteiger partial charge in [-0.3, -0.25) is 9.10 Å². The molecule has 3 heterocycles. The van der Waals surface area contributed by atoms with Crippen molar-refractivity contribution in [2.75, 3.05) is 24.1 Å². The van der Waals surface area contributed by atoms with E-state index in [1.807, 2.05) is 44.2 Å². The smallest absolute Gasteiger partial charge is 0.338 e. The Morgan fingerprint density at radius 1 is 1.05 bits per heavy atom. The number of aryl methyl sites for hydroxylation is 2. The number of carbonyl (C=O) groups excluding carboxylic acids is 2. The van der Waals surface area contributed by atoms with Gasteiger partial charge < -0.3 is 14.0 Å². The van der Waals surface area contributed by atoms with Gasteiger partial charge in [0.25, 0.3) is 10.0 Å². The van der Waals surface area contributed by atoms with Crippen LogP contribution in [-0.4, -0.2) is 50.6 Å². The number of rotatable bonds is 8. The molecule has 0 unspecified atom stereocenters. The molecule has 8 nitrogen and oxygen atoms in total. The minimum Gasteiger partial charge on any atom is -0.454 e. The van der Waals surface area contributed by atoms with Crippen LogP contribution >= 0.6 is 0 Å². The standard InChI is InChI=1S/C29H32N2O6S/c1-20-17-26(21(2)30(20)18-24-9-6-16-36-24)28(32)19-37-29(33)23-11-13-25(14-12-23)38(34,35)31-15-5-8-22-7-3-4-10-27(22)31/h3-4,7,10-14,17,24H,5-6,8-9,15-16,18-19H2,1-2H3/t24-/m1/s1. The Bertz CT molecular complexity index is 1450. The number of sulfonamides is 1. The predicted molar refractivity (Wildman–Crippen MR) is 143 cm³/mol. The first-order chi connectivity index (χ1) is 18.3. The second-order valence-corrected chi connectivity index (χ2v) is 11.7. The van der Waals surface area contributed by atoms with Crippen molar-refractivity contribution in [3.05, 3.63) is 82.7 Å². The number of nitrogens with zero attached hydrogens (tertiary/aromatic N) is 2. The highest BCUT2D eigenvalue weighted by Gasteiger charge is 2.29. The molecule has 2 aliphatic heterocycles. The van der Waals surface area contributed by atoms with E-state index in [2.05, 4.69) is 4.57 Å². The van der Waals surface area contributed by atoms with Gasteiger partial charge in [0.1, 0.15) is 0 Å². The summed E-state index contributed by atoms with van der Waals surface area (Å²) in [6.45, 7) is 5.31. The van der Waals surface area contributed by atoms with Crippen molar-refractivity contribution in [1.82, 2.24) is 4.57 Å². The van der Waals surface area contributed by atoms with Crippen molar-refractivity contribution in [3.63, 3.8) is 0 Å². The van der Waals surface area contributed by atoms with Gasteiger partial charge >= 0.3 is 5.97 Å². The Morgan fingerprint density at radius 3 is 2.55 bits per heavy atom. The topological polar surface area (TPSA) is 94.9 Å². The average Bonchev–Trinajstić information content (AvgIpc) is 3.55. The first kappa shape index (κ1) is 26.2. The maximum absolute atomic E-state index is 13.3. The van der Waals surface area contributed by atoms with Crippen molar-refractivity contribution in [2.45, 2.75) is 57.1 Å². The lowest BCUT2D eigenvalue weighted by atomic mass is 10.0. The number of benzene rings is 2. The third kappa shape index (κ3) is 5.13. The zero-order valence-corrected chi connectivity index (χ0v) is 22.5. The summed E-state index contributed by atoms with van der Waals surface area (Å²) in [5.41, 5.74) is 4.18. The average molecular weight is 537 g/mol. The fraction of sp³-hybridized carbons (Fsp3) is 0.379. The number of para-hydroxylation sites is 1. The molecule has 2 aliphatic rings. The van der Waals surface area contributed by atoms with Crippen molar-refractivity contribution in [1.29, 1.82) is 0 Å². The third-order valence-electron chi connectivity index (χ3n) is 7.36. The second kappa shape index (κ2) is 10.7. The Kier molecular flexibility index (Phi) is 7.40. The van der Waals surface area contributed by atoms with E-state index in [9.17, 15) is 18.0 Å². The van der Waals surface area contributed by atoms with E-state index in [4.69, 9.17) is 9.47 Å². The molecule has 5 rings (SSSR count). The molecule has 9 heteroatoms. The lowest BCUT2D eigenvalue weighted by molar-refractivity contribution is 0.0474. The number of esters is 1. The van der Waals surface area contributed by atoms with E-state index in [0.717, 1.165) is 49.2 Å². The molecule has 0 radical (unpaired) electrons. The van der Waals surface area contributed by atoms with Crippen LogP contribution in [-0.2, 0) is 32.5 Å². The molecule has 0 N–H and O–H groups in total. The molecule has 2 aromatic carbocycles. The van der Waals surface area contributed by atoms with Crippen molar-refractivity contribution < 1.29 is 27.5 Å². The number of hydrogen-bond donors (Lipinski definition) is 0. The van der Waals surface area contributed by atoms with Gasteiger partial charge in [-0.2, -0.15) is 0 Å². The highest BCUT2D eigenvalue weighted by Crippen LogP contribution is 2.32. The monoisotopic (exact) mass is 536 g/mol. The van der Waals surface area contributed by atoms with E-state index in [-0.39, 0.29) is 22.3 Å². The molecule has 1 saturated heterocycles. The summed E-state index contributed by atoms with van der Waals surface area (Å²) in [6, 6.07) is 15.0. The number of hydrogen-bond acceptors (Lipinski definition) is 6.